The Labute approximate surface area is 148 Å². The molecule has 2 atom stereocenters. The highest BCUT2D eigenvalue weighted by Gasteiger charge is 2.12. The third kappa shape index (κ3) is 10.4. The second-order valence-corrected chi connectivity index (χ2v) is 6.08. The molecule has 1 rings (SSSR count). The van der Waals surface area contributed by atoms with Gasteiger partial charge in [0.15, 0.2) is 0 Å². The van der Waals surface area contributed by atoms with Crippen LogP contribution >= 0.6 is 0 Å². The maximum atomic E-state index is 10.5. The van der Waals surface area contributed by atoms with Crippen LogP contribution in [0.25, 0.3) is 0 Å². The Balaban J connectivity index is 0.00000254. The molecule has 0 aromatic heterocycles. The van der Waals surface area contributed by atoms with Gasteiger partial charge in [0.05, 0.1) is 11.9 Å². The van der Waals surface area contributed by atoms with Gasteiger partial charge in [0.25, 0.3) is 0 Å². The molecular formula is C20H36N2O2. The average Bonchev–Trinajstić information content (AvgIpc) is 2.64. The molecule has 0 aliphatic heterocycles. The van der Waals surface area contributed by atoms with Crippen LogP contribution < -0.4 is 0 Å². The van der Waals surface area contributed by atoms with E-state index in [1.807, 2.05) is 39.0 Å². The largest absolute Gasteiger partial charge is 0.376 e. The van der Waals surface area contributed by atoms with Gasteiger partial charge >= 0.3 is 0 Å². The molecule has 0 fully saturated rings. The molecule has 0 saturated carbocycles. The minimum atomic E-state index is 0.551. The van der Waals surface area contributed by atoms with Crippen LogP contribution in [0.15, 0.2) is 35.6 Å². The molecule has 0 aliphatic carbocycles. The monoisotopic (exact) mass is 336 g/mol. The molecule has 24 heavy (non-hydrogen) atoms. The summed E-state index contributed by atoms with van der Waals surface area (Å²) in [5.41, 5.74) is 1.23. The van der Waals surface area contributed by atoms with Crippen molar-refractivity contribution in [3.63, 3.8) is 0 Å². The smallest absolute Gasteiger partial charge is 0.0717 e. The molecule has 0 heterocycles. The first-order valence-electron chi connectivity index (χ1n) is 9.37. The van der Waals surface area contributed by atoms with Crippen molar-refractivity contribution >= 4 is 0 Å². The van der Waals surface area contributed by atoms with Crippen molar-refractivity contribution in [1.82, 2.24) is 5.01 Å². The lowest BCUT2D eigenvalue weighted by atomic mass is 9.91. The number of nitroso groups, excluding NO2 is 1. The molecule has 0 radical (unpaired) electrons. The Morgan fingerprint density at radius 1 is 1.08 bits per heavy atom. The van der Waals surface area contributed by atoms with E-state index in [1.165, 1.54) is 12.0 Å². The second kappa shape index (κ2) is 15.1. The predicted molar refractivity (Wildman–Crippen MR) is 103 cm³/mol. The summed E-state index contributed by atoms with van der Waals surface area (Å²) in [6, 6.07) is 10.3. The van der Waals surface area contributed by atoms with Gasteiger partial charge in [-0.1, -0.05) is 70.9 Å². The van der Waals surface area contributed by atoms with E-state index in [0.29, 0.717) is 25.0 Å². The van der Waals surface area contributed by atoms with Gasteiger partial charge in [0.2, 0.25) is 0 Å². The summed E-state index contributed by atoms with van der Waals surface area (Å²) in [4.78, 5) is 10.5. The summed E-state index contributed by atoms with van der Waals surface area (Å²) in [6.45, 7) is 13.4. The van der Waals surface area contributed by atoms with Crippen LogP contribution in [0, 0.1) is 16.7 Å². The summed E-state index contributed by atoms with van der Waals surface area (Å²) < 4.78 is 5.82. The fourth-order valence-electron chi connectivity index (χ4n) is 2.40. The Morgan fingerprint density at radius 3 is 2.33 bits per heavy atom. The number of benzene rings is 1. The first-order chi connectivity index (χ1) is 11.7. The average molecular weight is 337 g/mol. The van der Waals surface area contributed by atoms with E-state index in [2.05, 4.69) is 31.3 Å². The van der Waals surface area contributed by atoms with Crippen LogP contribution in [0.4, 0.5) is 0 Å². The summed E-state index contributed by atoms with van der Waals surface area (Å²) in [6.07, 6.45) is 3.34. The van der Waals surface area contributed by atoms with E-state index in [9.17, 15) is 4.91 Å². The molecule has 1 aromatic rings. The molecule has 138 valence electrons. The third-order valence-corrected chi connectivity index (χ3v) is 4.27. The summed E-state index contributed by atoms with van der Waals surface area (Å²) >= 11 is 0. The minimum Gasteiger partial charge on any atom is -0.376 e. The van der Waals surface area contributed by atoms with Crippen LogP contribution in [0.3, 0.4) is 0 Å². The molecule has 0 bridgehead atoms. The number of ether oxygens (including phenoxy) is 1. The summed E-state index contributed by atoms with van der Waals surface area (Å²) in [5.74, 6) is 1.19. The normalized spacial score (nSPS) is 12.7. The number of hydrogen-bond acceptors (Lipinski definition) is 3. The molecule has 2 unspecified atom stereocenters. The summed E-state index contributed by atoms with van der Waals surface area (Å²) in [5, 5.41) is 4.57. The van der Waals surface area contributed by atoms with E-state index in [4.69, 9.17) is 4.74 Å². The van der Waals surface area contributed by atoms with Gasteiger partial charge in [-0.15, -0.1) is 4.91 Å². The van der Waals surface area contributed by atoms with Crippen molar-refractivity contribution in [2.24, 2.45) is 17.1 Å². The lowest BCUT2D eigenvalue weighted by Crippen LogP contribution is -2.18. The van der Waals surface area contributed by atoms with Crippen LogP contribution in [0.2, 0.25) is 0 Å². The van der Waals surface area contributed by atoms with Gasteiger partial charge in [0.1, 0.15) is 0 Å². The maximum absolute atomic E-state index is 10.5. The van der Waals surface area contributed by atoms with E-state index in [0.717, 1.165) is 26.0 Å². The van der Waals surface area contributed by atoms with Crippen LogP contribution in [-0.2, 0) is 11.3 Å². The van der Waals surface area contributed by atoms with E-state index in [1.54, 1.807) is 5.01 Å². The number of unbranched alkanes of at least 4 members (excludes halogenated alkanes) is 1. The lowest BCUT2D eigenvalue weighted by molar-refractivity contribution is 0.0731. The Bertz CT molecular complexity index is 398. The maximum Gasteiger partial charge on any atom is 0.0717 e. The SMILES string of the molecule is CC.CCN(CCCCC(C)C(C)COCc1ccccc1)N=O. The zero-order valence-electron chi connectivity index (χ0n) is 16.2. The standard InChI is InChI=1S/C18H30N2O2.C2H6/c1-4-20(19-21)13-9-8-10-16(2)17(3)14-22-15-18-11-6-5-7-12-18;1-2/h5-7,11-12,16-17H,4,8-10,13-15H2,1-3H3;1-2H3. The van der Waals surface area contributed by atoms with E-state index in [-0.39, 0.29) is 0 Å². The number of nitrogens with zero attached hydrogens (tertiary/aromatic N) is 2. The number of hydrogen-bond donors (Lipinski definition) is 0. The quantitative estimate of drug-likeness (QED) is 0.280. The molecule has 4 heteroatoms. The highest BCUT2D eigenvalue weighted by atomic mass is 16.5. The number of rotatable bonds is 12. The Kier molecular flexibility index (Phi) is 14.2. The van der Waals surface area contributed by atoms with Gasteiger partial charge in [-0.25, -0.2) is 0 Å². The molecule has 4 nitrogen and oxygen atoms in total. The van der Waals surface area contributed by atoms with Gasteiger partial charge < -0.3 is 4.74 Å². The van der Waals surface area contributed by atoms with Crippen LogP contribution in [0.5, 0.6) is 0 Å². The van der Waals surface area contributed by atoms with Crippen molar-refractivity contribution in [1.29, 1.82) is 0 Å². The van der Waals surface area contributed by atoms with Crippen molar-refractivity contribution < 1.29 is 4.74 Å². The fraction of sp³-hybridized carbons (Fsp3) is 0.700. The Hall–Kier alpha value is -1.42. The van der Waals surface area contributed by atoms with Crippen molar-refractivity contribution in [3.8, 4) is 0 Å². The van der Waals surface area contributed by atoms with Crippen molar-refractivity contribution in [2.75, 3.05) is 19.7 Å². The molecular weight excluding hydrogens is 300 g/mol. The van der Waals surface area contributed by atoms with Crippen LogP contribution in [0.1, 0.15) is 59.4 Å². The van der Waals surface area contributed by atoms with Gasteiger partial charge in [-0.05, 0) is 30.7 Å². The topological polar surface area (TPSA) is 41.9 Å². The van der Waals surface area contributed by atoms with E-state index >= 15 is 0 Å². The first-order valence-corrected chi connectivity index (χ1v) is 9.37. The zero-order chi connectivity index (χ0) is 18.2. The third-order valence-electron chi connectivity index (χ3n) is 4.27. The molecule has 0 spiro atoms. The van der Waals surface area contributed by atoms with Gasteiger partial charge in [-0.2, -0.15) is 0 Å². The first kappa shape index (κ1) is 22.6. The van der Waals surface area contributed by atoms with Gasteiger partial charge in [0, 0.05) is 19.7 Å². The fourth-order valence-corrected chi connectivity index (χ4v) is 2.40. The molecule has 0 aliphatic rings. The molecule has 0 amide bonds. The molecule has 0 N–H and O–H groups in total. The molecule has 1 aromatic carbocycles. The zero-order valence-corrected chi connectivity index (χ0v) is 16.2. The summed E-state index contributed by atoms with van der Waals surface area (Å²) in [7, 11) is 0. The highest BCUT2D eigenvalue weighted by molar-refractivity contribution is 5.13. The minimum absolute atomic E-state index is 0.551. The molecule has 0 saturated heterocycles. The van der Waals surface area contributed by atoms with E-state index < -0.39 is 0 Å². The Morgan fingerprint density at radius 2 is 1.75 bits per heavy atom. The van der Waals surface area contributed by atoms with Crippen molar-refractivity contribution in [2.45, 2.75) is 60.5 Å². The lowest BCUT2D eigenvalue weighted by Gasteiger charge is -2.20. The highest BCUT2D eigenvalue weighted by Crippen LogP contribution is 2.19. The second-order valence-electron chi connectivity index (χ2n) is 6.08. The predicted octanol–water partition coefficient (Wildman–Crippen LogP) is 5.68. The van der Waals surface area contributed by atoms with Gasteiger partial charge in [-0.3, -0.25) is 5.01 Å². The van der Waals surface area contributed by atoms with Crippen molar-refractivity contribution in [3.05, 3.63) is 40.8 Å². The van der Waals surface area contributed by atoms with Crippen LogP contribution in [-0.4, -0.2) is 24.7 Å².